The van der Waals surface area contributed by atoms with E-state index in [0.717, 1.165) is 39.8 Å². The minimum Gasteiger partial charge on any atom is -0.492 e. The first-order valence-corrected chi connectivity index (χ1v) is 10.6. The molecule has 0 N–H and O–H groups in total. The van der Waals surface area contributed by atoms with E-state index in [2.05, 4.69) is 11.0 Å². The normalized spacial score (nSPS) is 14.5. The van der Waals surface area contributed by atoms with Gasteiger partial charge < -0.3 is 14.5 Å². The maximum absolute atomic E-state index is 12.6. The van der Waals surface area contributed by atoms with Gasteiger partial charge in [-0.2, -0.15) is 0 Å². The van der Waals surface area contributed by atoms with Crippen molar-refractivity contribution in [3.63, 3.8) is 0 Å². The number of hydrogen-bond acceptors (Lipinski definition) is 5. The van der Waals surface area contributed by atoms with E-state index in [9.17, 15) is 4.79 Å². The Morgan fingerprint density at radius 2 is 1.93 bits per heavy atom. The number of benzene rings is 2. The van der Waals surface area contributed by atoms with Crippen molar-refractivity contribution in [3.8, 4) is 5.75 Å². The molecule has 0 bridgehead atoms. The molecule has 1 amide bonds. The first-order valence-electron chi connectivity index (χ1n) is 9.44. The molecule has 1 fully saturated rings. The Labute approximate surface area is 173 Å². The number of thiazole rings is 1. The van der Waals surface area contributed by atoms with Gasteiger partial charge in [-0.25, -0.2) is 4.98 Å². The molecule has 0 unspecified atom stereocenters. The summed E-state index contributed by atoms with van der Waals surface area (Å²) in [5.74, 6) is 0.951. The first-order chi connectivity index (χ1) is 13.7. The summed E-state index contributed by atoms with van der Waals surface area (Å²) in [6.45, 7) is 5.54. The maximum Gasteiger partial charge on any atom is 0.227 e. The van der Waals surface area contributed by atoms with Crippen molar-refractivity contribution >= 4 is 44.2 Å². The summed E-state index contributed by atoms with van der Waals surface area (Å²) in [6, 6.07) is 13.6. The Morgan fingerprint density at radius 1 is 1.14 bits per heavy atom. The number of carbonyl (C=O) groups excluding carboxylic acids is 1. The summed E-state index contributed by atoms with van der Waals surface area (Å²) in [4.78, 5) is 21.6. The predicted molar refractivity (Wildman–Crippen MR) is 115 cm³/mol. The Balaban J connectivity index is 1.41. The average molecular weight is 416 g/mol. The highest BCUT2D eigenvalue weighted by molar-refractivity contribution is 7.22. The highest BCUT2D eigenvalue weighted by atomic mass is 35.5. The first kappa shape index (κ1) is 19.0. The standard InChI is InChI=1S/C21H22ClN3O2S/c1-2-27-17-8-5-9-18-20(17)23-21(28-18)25-12-10-24(11-13-25)19(26)14-15-6-3-4-7-16(15)22/h3-9H,2,10-14H2,1H3. The summed E-state index contributed by atoms with van der Waals surface area (Å²) in [5.41, 5.74) is 1.80. The molecule has 2 aromatic carbocycles. The van der Waals surface area contributed by atoms with Crippen LogP contribution < -0.4 is 9.64 Å². The van der Waals surface area contributed by atoms with E-state index in [-0.39, 0.29) is 5.91 Å². The number of anilines is 1. The van der Waals surface area contributed by atoms with Gasteiger partial charge in [0.2, 0.25) is 5.91 Å². The van der Waals surface area contributed by atoms with Crippen molar-refractivity contribution < 1.29 is 9.53 Å². The van der Waals surface area contributed by atoms with E-state index in [0.29, 0.717) is 31.1 Å². The zero-order valence-corrected chi connectivity index (χ0v) is 17.3. The third kappa shape index (κ3) is 3.93. The Hall–Kier alpha value is -2.31. The zero-order chi connectivity index (χ0) is 19.5. The molecular formula is C21H22ClN3O2S. The second-order valence-corrected chi connectivity index (χ2v) is 8.08. The van der Waals surface area contributed by atoms with Gasteiger partial charge in [0.1, 0.15) is 11.3 Å². The third-order valence-corrected chi connectivity index (χ3v) is 6.32. The van der Waals surface area contributed by atoms with Gasteiger partial charge in [0.15, 0.2) is 5.13 Å². The molecule has 3 aromatic rings. The Bertz CT molecular complexity index is 983. The molecule has 1 saturated heterocycles. The van der Waals surface area contributed by atoms with Crippen molar-refractivity contribution in [1.82, 2.24) is 9.88 Å². The molecule has 7 heteroatoms. The van der Waals surface area contributed by atoms with E-state index >= 15 is 0 Å². The second-order valence-electron chi connectivity index (χ2n) is 6.67. The van der Waals surface area contributed by atoms with Crippen LogP contribution in [0, 0.1) is 0 Å². The lowest BCUT2D eigenvalue weighted by atomic mass is 10.1. The molecule has 146 valence electrons. The molecule has 0 saturated carbocycles. The number of hydrogen-bond donors (Lipinski definition) is 0. The fraction of sp³-hybridized carbons (Fsp3) is 0.333. The number of nitrogens with zero attached hydrogens (tertiary/aromatic N) is 3. The van der Waals surface area contributed by atoms with Crippen LogP contribution in [0.4, 0.5) is 5.13 Å². The van der Waals surface area contributed by atoms with Crippen molar-refractivity contribution in [3.05, 3.63) is 53.1 Å². The lowest BCUT2D eigenvalue weighted by Gasteiger charge is -2.34. The molecule has 4 rings (SSSR count). The van der Waals surface area contributed by atoms with Gasteiger partial charge in [-0.05, 0) is 30.7 Å². The third-order valence-electron chi connectivity index (χ3n) is 4.87. The second kappa shape index (κ2) is 8.37. The van der Waals surface area contributed by atoms with Crippen LogP contribution >= 0.6 is 22.9 Å². The summed E-state index contributed by atoms with van der Waals surface area (Å²) >= 11 is 7.86. The molecule has 5 nitrogen and oxygen atoms in total. The van der Waals surface area contributed by atoms with Crippen LogP contribution in [0.2, 0.25) is 5.02 Å². The minimum atomic E-state index is 0.121. The Morgan fingerprint density at radius 3 is 2.68 bits per heavy atom. The van der Waals surface area contributed by atoms with Gasteiger partial charge >= 0.3 is 0 Å². The number of carbonyl (C=O) groups is 1. The highest BCUT2D eigenvalue weighted by Gasteiger charge is 2.24. The van der Waals surface area contributed by atoms with Crippen LogP contribution in [0.3, 0.4) is 0 Å². The lowest BCUT2D eigenvalue weighted by molar-refractivity contribution is -0.130. The van der Waals surface area contributed by atoms with Crippen molar-refractivity contribution in [1.29, 1.82) is 0 Å². The molecule has 1 aliphatic heterocycles. The van der Waals surface area contributed by atoms with Gasteiger partial charge in [-0.15, -0.1) is 0 Å². The van der Waals surface area contributed by atoms with Crippen molar-refractivity contribution in [2.24, 2.45) is 0 Å². The number of halogens is 1. The largest absolute Gasteiger partial charge is 0.492 e. The average Bonchev–Trinajstić information content (AvgIpc) is 3.15. The van der Waals surface area contributed by atoms with Gasteiger partial charge in [0.05, 0.1) is 17.7 Å². The molecule has 0 atom stereocenters. The Kier molecular flexibility index (Phi) is 5.69. The van der Waals surface area contributed by atoms with Gasteiger partial charge in [0, 0.05) is 31.2 Å². The SMILES string of the molecule is CCOc1cccc2sc(N3CCN(C(=O)Cc4ccccc4Cl)CC3)nc12. The van der Waals surface area contributed by atoms with Crippen LogP contribution in [0.25, 0.3) is 10.2 Å². The molecule has 28 heavy (non-hydrogen) atoms. The van der Waals surface area contributed by atoms with Gasteiger partial charge in [-0.1, -0.05) is 47.2 Å². The minimum absolute atomic E-state index is 0.121. The number of aromatic nitrogens is 1. The molecule has 1 aromatic heterocycles. The number of para-hydroxylation sites is 1. The van der Waals surface area contributed by atoms with Crippen LogP contribution in [0.1, 0.15) is 12.5 Å². The summed E-state index contributed by atoms with van der Waals surface area (Å²) in [7, 11) is 0. The lowest BCUT2D eigenvalue weighted by Crippen LogP contribution is -2.49. The topological polar surface area (TPSA) is 45.7 Å². The van der Waals surface area contributed by atoms with Crippen LogP contribution in [0.15, 0.2) is 42.5 Å². The predicted octanol–water partition coefficient (Wildman–Crippen LogP) is 4.24. The summed E-state index contributed by atoms with van der Waals surface area (Å²) in [5, 5.41) is 1.63. The van der Waals surface area contributed by atoms with E-state index < -0.39 is 0 Å². The fourth-order valence-corrected chi connectivity index (χ4v) is 4.62. The quantitative estimate of drug-likeness (QED) is 0.625. The fourth-order valence-electron chi connectivity index (χ4n) is 3.38. The molecule has 2 heterocycles. The van der Waals surface area contributed by atoms with E-state index in [1.807, 2.05) is 48.2 Å². The molecule has 0 radical (unpaired) electrons. The smallest absolute Gasteiger partial charge is 0.227 e. The van der Waals surface area contributed by atoms with Crippen molar-refractivity contribution in [2.45, 2.75) is 13.3 Å². The van der Waals surface area contributed by atoms with Crippen LogP contribution in [-0.4, -0.2) is 48.6 Å². The van der Waals surface area contributed by atoms with E-state index in [1.165, 1.54) is 0 Å². The van der Waals surface area contributed by atoms with Crippen LogP contribution in [-0.2, 0) is 11.2 Å². The monoisotopic (exact) mass is 415 g/mol. The zero-order valence-electron chi connectivity index (χ0n) is 15.7. The molecular weight excluding hydrogens is 394 g/mol. The van der Waals surface area contributed by atoms with E-state index in [4.69, 9.17) is 21.3 Å². The maximum atomic E-state index is 12.6. The number of fused-ring (bicyclic) bond motifs is 1. The van der Waals surface area contributed by atoms with Crippen molar-refractivity contribution in [2.75, 3.05) is 37.7 Å². The molecule has 0 aliphatic carbocycles. The summed E-state index contributed by atoms with van der Waals surface area (Å²) < 4.78 is 6.82. The number of piperazine rings is 1. The number of ether oxygens (including phenoxy) is 1. The highest BCUT2D eigenvalue weighted by Crippen LogP contribution is 2.34. The van der Waals surface area contributed by atoms with E-state index in [1.54, 1.807) is 11.3 Å². The van der Waals surface area contributed by atoms with Gasteiger partial charge in [0.25, 0.3) is 0 Å². The summed E-state index contributed by atoms with van der Waals surface area (Å²) in [6.07, 6.45) is 0.346. The van der Waals surface area contributed by atoms with Gasteiger partial charge in [-0.3, -0.25) is 4.79 Å². The number of amides is 1. The molecule has 1 aliphatic rings. The van der Waals surface area contributed by atoms with Crippen LogP contribution in [0.5, 0.6) is 5.75 Å². The molecule has 0 spiro atoms. The number of rotatable bonds is 5.